The maximum atomic E-state index is 15.2. The molecule has 1 fully saturated rings. The number of halogens is 5. The Kier molecular flexibility index (Phi) is 15.3. The molecule has 0 N–H and O–H groups in total. The Balaban J connectivity index is 2.31. The van der Waals surface area contributed by atoms with Crippen LogP contribution in [0.2, 0.25) is 0 Å². The lowest BCUT2D eigenvalue weighted by Crippen LogP contribution is -2.20. The van der Waals surface area contributed by atoms with Crippen LogP contribution in [0, 0.1) is 23.5 Å². The molecule has 10 heteroatoms. The van der Waals surface area contributed by atoms with Crippen LogP contribution in [0.5, 0.6) is 0 Å². The topological polar surface area (TPSA) is 55.5 Å². The Morgan fingerprint density at radius 1 is 1.09 bits per heavy atom. The molecule has 0 radical (unpaired) electrons. The van der Waals surface area contributed by atoms with Crippen LogP contribution in [0.4, 0.5) is 22.0 Å². The van der Waals surface area contributed by atoms with E-state index in [1.807, 2.05) is 13.1 Å². The van der Waals surface area contributed by atoms with Crippen molar-refractivity contribution >= 4 is 17.6 Å². The molecule has 1 aliphatic carbocycles. The summed E-state index contributed by atoms with van der Waals surface area (Å²) in [6.45, 7) is 16.5. The number of allylic oxidation sites excluding steroid dienone is 5. The number of nitrogens with zero attached hydrogens (tertiary/aromatic N) is 3. The number of alkyl halides is 3. The molecule has 2 rings (SSSR count). The SMILES string of the molecule is C=C(\C=C/N=C(CCC)\C(C(=C)C1CC1)=C(\N=C/CCC)OC)OCc1cc(F)c(C(=N/C(=C\C)C(F)(F)F)C(C)CC)c(F)c1. The van der Waals surface area contributed by atoms with Crippen molar-refractivity contribution in [1.82, 2.24) is 0 Å². The summed E-state index contributed by atoms with van der Waals surface area (Å²) in [7, 11) is 1.58. The van der Waals surface area contributed by atoms with E-state index in [-0.39, 0.29) is 23.6 Å². The van der Waals surface area contributed by atoms with E-state index in [2.05, 4.69) is 35.1 Å². The summed E-state index contributed by atoms with van der Waals surface area (Å²) in [5.41, 5.74) is 0.505. The van der Waals surface area contributed by atoms with Crippen LogP contribution in [-0.4, -0.2) is 30.9 Å². The predicted molar refractivity (Wildman–Crippen MR) is 177 cm³/mol. The van der Waals surface area contributed by atoms with Gasteiger partial charge in [-0.25, -0.2) is 18.8 Å². The lowest BCUT2D eigenvalue weighted by Gasteiger charge is -2.18. The van der Waals surface area contributed by atoms with Crippen LogP contribution >= 0.6 is 0 Å². The van der Waals surface area contributed by atoms with Gasteiger partial charge in [0.25, 0.3) is 0 Å². The van der Waals surface area contributed by atoms with E-state index in [9.17, 15) is 13.2 Å². The van der Waals surface area contributed by atoms with Crippen LogP contribution in [0.15, 0.2) is 87.1 Å². The zero-order chi connectivity index (χ0) is 34.4. The average Bonchev–Trinajstić information content (AvgIpc) is 3.85. The zero-order valence-electron chi connectivity index (χ0n) is 27.7. The number of methoxy groups -OCH3 is 1. The van der Waals surface area contributed by atoms with Gasteiger partial charge in [-0.2, -0.15) is 13.2 Å². The molecule has 1 atom stereocenters. The van der Waals surface area contributed by atoms with Crippen molar-refractivity contribution in [2.75, 3.05) is 7.11 Å². The summed E-state index contributed by atoms with van der Waals surface area (Å²) >= 11 is 0. The number of ether oxygens (including phenoxy) is 2. The third-order valence-corrected chi connectivity index (χ3v) is 7.36. The summed E-state index contributed by atoms with van der Waals surface area (Å²) in [6.07, 6.45) is 6.58. The normalized spacial score (nSPS) is 16.2. The largest absolute Gasteiger partial charge is 0.489 e. The van der Waals surface area contributed by atoms with Gasteiger partial charge in [0.2, 0.25) is 5.88 Å². The van der Waals surface area contributed by atoms with Crippen molar-refractivity contribution in [3.8, 4) is 0 Å². The summed E-state index contributed by atoms with van der Waals surface area (Å²) in [5, 5.41) is 0. The van der Waals surface area contributed by atoms with Gasteiger partial charge in [-0.05, 0) is 80.2 Å². The average molecular weight is 648 g/mol. The third-order valence-electron chi connectivity index (χ3n) is 7.36. The molecule has 0 aliphatic heterocycles. The first kappa shape index (κ1) is 38.4. The van der Waals surface area contributed by atoms with Crippen molar-refractivity contribution in [3.05, 3.63) is 94.9 Å². The van der Waals surface area contributed by atoms with Crippen LogP contribution in [0.25, 0.3) is 0 Å². The molecule has 1 aromatic rings. The molecular formula is C36H46F5N3O2. The maximum Gasteiger partial charge on any atom is 0.433 e. The molecule has 0 bridgehead atoms. The minimum atomic E-state index is -4.76. The molecule has 252 valence electrons. The minimum Gasteiger partial charge on any atom is -0.489 e. The van der Waals surface area contributed by atoms with Gasteiger partial charge in [-0.3, -0.25) is 4.99 Å². The Morgan fingerprint density at radius 3 is 2.24 bits per heavy atom. The molecule has 0 aromatic heterocycles. The molecule has 0 heterocycles. The molecule has 0 spiro atoms. The molecule has 1 aromatic carbocycles. The molecule has 1 aliphatic rings. The first-order chi connectivity index (χ1) is 21.8. The molecule has 46 heavy (non-hydrogen) atoms. The van der Waals surface area contributed by atoms with Crippen LogP contribution in [-0.2, 0) is 16.1 Å². The van der Waals surface area contributed by atoms with Crippen LogP contribution < -0.4 is 0 Å². The summed E-state index contributed by atoms with van der Waals surface area (Å²) < 4.78 is 81.9. The smallest absolute Gasteiger partial charge is 0.433 e. The highest BCUT2D eigenvalue weighted by Crippen LogP contribution is 2.41. The summed E-state index contributed by atoms with van der Waals surface area (Å²) in [5.74, 6) is -1.68. The lowest BCUT2D eigenvalue weighted by atomic mass is 9.94. The van der Waals surface area contributed by atoms with E-state index in [4.69, 9.17) is 9.47 Å². The molecule has 5 nitrogen and oxygen atoms in total. The van der Waals surface area contributed by atoms with Gasteiger partial charge < -0.3 is 9.47 Å². The number of hydrogen-bond donors (Lipinski definition) is 0. The Labute approximate surface area is 270 Å². The van der Waals surface area contributed by atoms with E-state index in [1.54, 1.807) is 21.0 Å². The lowest BCUT2D eigenvalue weighted by molar-refractivity contribution is -0.0924. The highest BCUT2D eigenvalue weighted by Gasteiger charge is 2.35. The minimum absolute atomic E-state index is 0.134. The fourth-order valence-electron chi connectivity index (χ4n) is 4.48. The first-order valence-corrected chi connectivity index (χ1v) is 15.7. The Hall–Kier alpha value is -3.82. The van der Waals surface area contributed by atoms with Crippen molar-refractivity contribution in [2.24, 2.45) is 26.8 Å². The van der Waals surface area contributed by atoms with Gasteiger partial charge in [0.15, 0.2) is 0 Å². The predicted octanol–water partition coefficient (Wildman–Crippen LogP) is 10.7. The highest BCUT2D eigenvalue weighted by atomic mass is 19.4. The van der Waals surface area contributed by atoms with E-state index < -0.39 is 35.0 Å². The fourth-order valence-corrected chi connectivity index (χ4v) is 4.48. The van der Waals surface area contributed by atoms with Crippen molar-refractivity contribution in [2.45, 2.75) is 92.3 Å². The van der Waals surface area contributed by atoms with Gasteiger partial charge in [-0.1, -0.05) is 59.8 Å². The number of hydrogen-bond acceptors (Lipinski definition) is 5. The molecule has 1 saturated carbocycles. The highest BCUT2D eigenvalue weighted by molar-refractivity contribution is 6.05. The first-order valence-electron chi connectivity index (χ1n) is 15.7. The second-order valence-corrected chi connectivity index (χ2v) is 11.1. The number of aliphatic imine (C=N–C) groups is 3. The maximum absolute atomic E-state index is 15.2. The second-order valence-electron chi connectivity index (χ2n) is 11.1. The van der Waals surface area contributed by atoms with E-state index in [0.717, 1.165) is 67.2 Å². The molecule has 0 amide bonds. The van der Waals surface area contributed by atoms with Gasteiger partial charge >= 0.3 is 6.18 Å². The Morgan fingerprint density at radius 2 is 1.74 bits per heavy atom. The molecule has 0 saturated heterocycles. The van der Waals surface area contributed by atoms with Gasteiger partial charge in [-0.15, -0.1) is 0 Å². The number of benzene rings is 1. The fraction of sp³-hybridized carbons (Fsp3) is 0.472. The van der Waals surface area contributed by atoms with Crippen LogP contribution in [0.1, 0.15) is 90.7 Å². The molecule has 1 unspecified atom stereocenters. The Bertz CT molecular complexity index is 1390. The third kappa shape index (κ3) is 11.2. The van der Waals surface area contributed by atoms with Crippen LogP contribution in [0.3, 0.4) is 0 Å². The molecular weight excluding hydrogens is 601 g/mol. The van der Waals surface area contributed by atoms with E-state index >= 15 is 8.78 Å². The zero-order valence-corrected chi connectivity index (χ0v) is 27.7. The standard InChI is InChI=1S/C36H46F5N3O2/c1-9-13-18-43-35(45-8)32(25(7)27-15-16-27)30(14-10-2)42-19-17-24(6)46-22-26-20-28(37)33(29(38)21-26)34(23(5)11-3)44-31(12-4)36(39,40)41/h12,17-21,23,27H,6-7,9-11,13-16,22H2,1-5,8H3/b19-17-,31-12-,35-32-,42-30-,43-18-,44-34?. The van der Waals surface area contributed by atoms with E-state index in [0.29, 0.717) is 24.6 Å². The number of unbranched alkanes of at least 4 members (excludes halogenated alkanes) is 1. The summed E-state index contributed by atoms with van der Waals surface area (Å²) in [4.78, 5) is 12.9. The van der Waals surface area contributed by atoms with Gasteiger partial charge in [0.1, 0.15) is 29.7 Å². The monoisotopic (exact) mass is 647 g/mol. The number of rotatable bonds is 18. The van der Waals surface area contributed by atoms with Gasteiger partial charge in [0.05, 0.1) is 29.7 Å². The summed E-state index contributed by atoms with van der Waals surface area (Å²) in [6, 6.07) is 2.05. The van der Waals surface area contributed by atoms with Crippen molar-refractivity contribution in [3.63, 3.8) is 0 Å². The van der Waals surface area contributed by atoms with Crippen molar-refractivity contribution < 1.29 is 31.4 Å². The second kappa shape index (κ2) is 18.4. The van der Waals surface area contributed by atoms with Crippen molar-refractivity contribution in [1.29, 1.82) is 0 Å². The van der Waals surface area contributed by atoms with Gasteiger partial charge in [0, 0.05) is 12.4 Å². The van der Waals surface area contributed by atoms with E-state index in [1.165, 1.54) is 19.2 Å². The quantitative estimate of drug-likeness (QED) is 0.0689.